The summed E-state index contributed by atoms with van der Waals surface area (Å²) in [6.45, 7) is 6.77. The van der Waals surface area contributed by atoms with Gasteiger partial charge in [0, 0.05) is 12.0 Å². The van der Waals surface area contributed by atoms with Crippen molar-refractivity contribution in [2.75, 3.05) is 13.1 Å². The lowest BCUT2D eigenvalue weighted by Crippen LogP contribution is -2.42. The minimum atomic E-state index is 0.347. The maximum Gasteiger partial charge on any atom is 0.0937 e. The molecule has 0 saturated carbocycles. The van der Waals surface area contributed by atoms with Crippen LogP contribution in [-0.2, 0) is 0 Å². The smallest absolute Gasteiger partial charge is 0.0937 e. The maximum absolute atomic E-state index is 7.40. The normalized spacial score (nSPS) is 22.1. The molecule has 1 heterocycles. The van der Waals surface area contributed by atoms with Crippen LogP contribution in [0.3, 0.4) is 0 Å². The third kappa shape index (κ3) is 2.98. The van der Waals surface area contributed by atoms with E-state index in [4.69, 9.17) is 11.1 Å². The van der Waals surface area contributed by atoms with Gasteiger partial charge in [0.2, 0.25) is 0 Å². The average molecular weight is 197 g/mol. The molecular formula is C11H23N3. The number of nitrogens with two attached hydrogens (primary N) is 1. The van der Waals surface area contributed by atoms with Gasteiger partial charge in [-0.15, -0.1) is 0 Å². The summed E-state index contributed by atoms with van der Waals surface area (Å²) in [7, 11) is 0. The highest BCUT2D eigenvalue weighted by Crippen LogP contribution is 2.19. The average Bonchev–Trinajstić information content (AvgIpc) is 2.18. The predicted octanol–water partition coefficient (Wildman–Crippen LogP) is 1.82. The molecule has 0 aliphatic carbocycles. The summed E-state index contributed by atoms with van der Waals surface area (Å²) < 4.78 is 0. The van der Waals surface area contributed by atoms with Crippen molar-refractivity contribution in [2.24, 2.45) is 11.7 Å². The molecule has 1 rings (SSSR count). The van der Waals surface area contributed by atoms with Gasteiger partial charge in [0.05, 0.1) is 5.84 Å². The first-order valence-corrected chi connectivity index (χ1v) is 5.73. The monoisotopic (exact) mass is 197 g/mol. The van der Waals surface area contributed by atoms with Gasteiger partial charge >= 0.3 is 0 Å². The van der Waals surface area contributed by atoms with Crippen LogP contribution in [0.5, 0.6) is 0 Å². The summed E-state index contributed by atoms with van der Waals surface area (Å²) in [6.07, 6.45) is 4.69. The standard InChI is InChI=1S/C11H23N3/c1-3-4-9(2)14-7-5-10(6-8-14)11(12)13/h9-10H,3-8H2,1-2H3,(H3,12,13). The fraction of sp³-hybridized carbons (Fsp3) is 0.909. The molecule has 1 saturated heterocycles. The van der Waals surface area contributed by atoms with Gasteiger partial charge in [-0.05, 0) is 39.3 Å². The number of likely N-dealkylation sites (tertiary alicyclic amines) is 1. The molecule has 0 radical (unpaired) electrons. The molecule has 0 amide bonds. The van der Waals surface area contributed by atoms with E-state index in [9.17, 15) is 0 Å². The van der Waals surface area contributed by atoms with Gasteiger partial charge in [-0.2, -0.15) is 0 Å². The van der Waals surface area contributed by atoms with Crippen LogP contribution in [0.15, 0.2) is 0 Å². The number of nitrogens with one attached hydrogen (secondary N) is 1. The molecule has 0 bridgehead atoms. The van der Waals surface area contributed by atoms with Gasteiger partial charge in [-0.3, -0.25) is 5.41 Å². The third-order valence-corrected chi connectivity index (χ3v) is 3.30. The molecular weight excluding hydrogens is 174 g/mol. The Kier molecular flexibility index (Phi) is 4.39. The van der Waals surface area contributed by atoms with Gasteiger partial charge in [0.1, 0.15) is 0 Å². The summed E-state index contributed by atoms with van der Waals surface area (Å²) >= 11 is 0. The molecule has 3 nitrogen and oxygen atoms in total. The van der Waals surface area contributed by atoms with Crippen LogP contribution in [0.4, 0.5) is 0 Å². The molecule has 14 heavy (non-hydrogen) atoms. The first-order valence-electron chi connectivity index (χ1n) is 5.73. The van der Waals surface area contributed by atoms with Crippen molar-refractivity contribution in [3.05, 3.63) is 0 Å². The molecule has 0 aromatic heterocycles. The van der Waals surface area contributed by atoms with Crippen molar-refractivity contribution in [3.63, 3.8) is 0 Å². The third-order valence-electron chi connectivity index (χ3n) is 3.30. The van der Waals surface area contributed by atoms with E-state index in [1.165, 1.54) is 12.8 Å². The van der Waals surface area contributed by atoms with Crippen molar-refractivity contribution in [2.45, 2.75) is 45.6 Å². The van der Waals surface area contributed by atoms with Gasteiger partial charge in [0.15, 0.2) is 0 Å². The van der Waals surface area contributed by atoms with E-state index in [0.717, 1.165) is 25.9 Å². The fourth-order valence-corrected chi connectivity index (χ4v) is 2.25. The van der Waals surface area contributed by atoms with E-state index >= 15 is 0 Å². The molecule has 0 spiro atoms. The van der Waals surface area contributed by atoms with Crippen LogP contribution in [0.25, 0.3) is 0 Å². The number of rotatable bonds is 4. The summed E-state index contributed by atoms with van der Waals surface area (Å²) in [5.41, 5.74) is 5.51. The molecule has 1 aliphatic rings. The van der Waals surface area contributed by atoms with E-state index in [1.54, 1.807) is 0 Å². The molecule has 0 aromatic rings. The Labute approximate surface area is 87.2 Å². The van der Waals surface area contributed by atoms with Crippen LogP contribution >= 0.6 is 0 Å². The van der Waals surface area contributed by atoms with Gasteiger partial charge in [0.25, 0.3) is 0 Å². The quantitative estimate of drug-likeness (QED) is 0.533. The number of hydrogen-bond acceptors (Lipinski definition) is 2. The van der Waals surface area contributed by atoms with E-state index in [1.807, 2.05) is 0 Å². The second-order valence-electron chi connectivity index (χ2n) is 4.40. The number of nitrogens with zero attached hydrogens (tertiary/aromatic N) is 1. The lowest BCUT2D eigenvalue weighted by Gasteiger charge is -2.35. The van der Waals surface area contributed by atoms with E-state index in [0.29, 0.717) is 17.8 Å². The predicted molar refractivity (Wildman–Crippen MR) is 60.6 cm³/mol. The first-order chi connectivity index (χ1) is 6.65. The van der Waals surface area contributed by atoms with Crippen LogP contribution in [0.1, 0.15) is 39.5 Å². The highest BCUT2D eigenvalue weighted by Gasteiger charge is 2.23. The Morgan fingerprint density at radius 2 is 2.07 bits per heavy atom. The van der Waals surface area contributed by atoms with Crippen LogP contribution in [0, 0.1) is 11.3 Å². The summed E-state index contributed by atoms with van der Waals surface area (Å²) in [5.74, 6) is 0.730. The first kappa shape index (κ1) is 11.5. The minimum Gasteiger partial charge on any atom is -0.387 e. The summed E-state index contributed by atoms with van der Waals surface area (Å²) in [6, 6.07) is 0.702. The second kappa shape index (κ2) is 5.35. The Balaban J connectivity index is 2.31. The Hall–Kier alpha value is -0.570. The molecule has 1 aliphatic heterocycles. The fourth-order valence-electron chi connectivity index (χ4n) is 2.25. The lowest BCUT2D eigenvalue weighted by molar-refractivity contribution is 0.152. The summed E-state index contributed by atoms with van der Waals surface area (Å²) in [4.78, 5) is 2.53. The number of piperidine rings is 1. The largest absolute Gasteiger partial charge is 0.387 e. The van der Waals surface area contributed by atoms with E-state index < -0.39 is 0 Å². The summed E-state index contributed by atoms with van der Waals surface area (Å²) in [5, 5.41) is 7.40. The molecule has 3 heteroatoms. The SMILES string of the molecule is CCCC(C)N1CCC(C(=N)N)CC1. The van der Waals surface area contributed by atoms with Gasteiger partial charge < -0.3 is 10.6 Å². The maximum atomic E-state index is 7.40. The molecule has 0 aromatic carbocycles. The number of amidine groups is 1. The Morgan fingerprint density at radius 3 is 2.50 bits per heavy atom. The van der Waals surface area contributed by atoms with E-state index in [-0.39, 0.29) is 0 Å². The zero-order valence-electron chi connectivity index (χ0n) is 9.42. The zero-order chi connectivity index (χ0) is 10.6. The topological polar surface area (TPSA) is 53.1 Å². The lowest BCUT2D eigenvalue weighted by atomic mass is 9.94. The molecule has 1 atom stereocenters. The van der Waals surface area contributed by atoms with Gasteiger partial charge in [-0.1, -0.05) is 13.3 Å². The molecule has 82 valence electrons. The van der Waals surface area contributed by atoms with Crippen molar-refractivity contribution in [3.8, 4) is 0 Å². The van der Waals surface area contributed by atoms with Crippen molar-refractivity contribution < 1.29 is 0 Å². The zero-order valence-corrected chi connectivity index (χ0v) is 9.42. The highest BCUT2D eigenvalue weighted by molar-refractivity contribution is 5.79. The highest BCUT2D eigenvalue weighted by atomic mass is 15.2. The Morgan fingerprint density at radius 1 is 1.50 bits per heavy atom. The van der Waals surface area contributed by atoms with Crippen LogP contribution < -0.4 is 5.73 Å². The minimum absolute atomic E-state index is 0.347. The molecule has 1 unspecified atom stereocenters. The van der Waals surface area contributed by atoms with Crippen molar-refractivity contribution >= 4 is 5.84 Å². The Bertz CT molecular complexity index is 183. The molecule has 3 N–H and O–H groups in total. The van der Waals surface area contributed by atoms with Gasteiger partial charge in [-0.25, -0.2) is 0 Å². The van der Waals surface area contributed by atoms with Crippen molar-refractivity contribution in [1.82, 2.24) is 4.90 Å². The number of hydrogen-bond donors (Lipinski definition) is 2. The van der Waals surface area contributed by atoms with Crippen LogP contribution in [-0.4, -0.2) is 29.9 Å². The molecule has 1 fully saturated rings. The van der Waals surface area contributed by atoms with Crippen molar-refractivity contribution in [1.29, 1.82) is 5.41 Å². The van der Waals surface area contributed by atoms with E-state index in [2.05, 4.69) is 18.7 Å². The second-order valence-corrected chi connectivity index (χ2v) is 4.40. The van der Waals surface area contributed by atoms with Crippen LogP contribution in [0.2, 0.25) is 0 Å².